The fourth-order valence-corrected chi connectivity index (χ4v) is 2.01. The van der Waals surface area contributed by atoms with Crippen LogP contribution in [0.1, 0.15) is 24.1 Å². The molecule has 17 heavy (non-hydrogen) atoms. The maximum atomic E-state index is 5.92. The van der Waals surface area contributed by atoms with Crippen molar-refractivity contribution in [3.63, 3.8) is 0 Å². The summed E-state index contributed by atoms with van der Waals surface area (Å²) < 4.78 is 0. The van der Waals surface area contributed by atoms with Crippen molar-refractivity contribution in [2.45, 2.75) is 19.9 Å². The van der Waals surface area contributed by atoms with Gasteiger partial charge in [-0.25, -0.2) is 0 Å². The first-order chi connectivity index (χ1) is 8.18. The van der Waals surface area contributed by atoms with Gasteiger partial charge in [-0.3, -0.25) is 0 Å². The molecule has 0 aliphatic carbocycles. The van der Waals surface area contributed by atoms with Crippen LogP contribution in [0.3, 0.4) is 0 Å². The van der Waals surface area contributed by atoms with E-state index in [1.807, 2.05) is 24.3 Å². The Morgan fingerprint density at radius 3 is 2.35 bits per heavy atom. The van der Waals surface area contributed by atoms with Crippen LogP contribution in [0.5, 0.6) is 0 Å². The second-order valence-electron chi connectivity index (χ2n) is 4.31. The molecule has 1 atom stereocenters. The zero-order chi connectivity index (χ0) is 12.3. The topological polar surface area (TPSA) is 38.0 Å². The third-order valence-electron chi connectivity index (χ3n) is 2.99. The molecule has 0 aliphatic rings. The first kappa shape index (κ1) is 11.5. The molecule has 2 aromatic rings. The molecule has 2 heteroatoms. The Labute approximate surface area is 102 Å². The predicted molar refractivity (Wildman–Crippen MR) is 74.1 cm³/mol. The summed E-state index contributed by atoms with van der Waals surface area (Å²) >= 11 is 0. The molecule has 3 N–H and O–H groups in total. The van der Waals surface area contributed by atoms with Crippen LogP contribution in [0.25, 0.3) is 0 Å². The molecule has 0 spiro atoms. The summed E-state index contributed by atoms with van der Waals surface area (Å²) in [6.07, 6.45) is 0. The highest BCUT2D eigenvalue weighted by atomic mass is 14.9. The number of benzene rings is 2. The number of nitrogens with two attached hydrogens (primary N) is 1. The van der Waals surface area contributed by atoms with Crippen molar-refractivity contribution >= 4 is 11.4 Å². The van der Waals surface area contributed by atoms with Gasteiger partial charge in [0.05, 0.1) is 11.4 Å². The molecular weight excluding hydrogens is 208 g/mol. The Morgan fingerprint density at radius 2 is 1.65 bits per heavy atom. The molecule has 0 radical (unpaired) electrons. The van der Waals surface area contributed by atoms with E-state index in [0.29, 0.717) is 0 Å². The number of anilines is 2. The van der Waals surface area contributed by atoms with E-state index >= 15 is 0 Å². The van der Waals surface area contributed by atoms with Crippen molar-refractivity contribution < 1.29 is 0 Å². The zero-order valence-corrected chi connectivity index (χ0v) is 10.3. The summed E-state index contributed by atoms with van der Waals surface area (Å²) in [5, 5.41) is 3.44. The lowest BCUT2D eigenvalue weighted by molar-refractivity contribution is 0.875. The van der Waals surface area contributed by atoms with Crippen LogP contribution >= 0.6 is 0 Å². The monoisotopic (exact) mass is 226 g/mol. The van der Waals surface area contributed by atoms with E-state index in [2.05, 4.69) is 43.4 Å². The Bertz CT molecular complexity index is 506. The van der Waals surface area contributed by atoms with E-state index < -0.39 is 0 Å². The van der Waals surface area contributed by atoms with Crippen LogP contribution in [0.4, 0.5) is 11.4 Å². The highest BCUT2D eigenvalue weighted by Crippen LogP contribution is 2.25. The van der Waals surface area contributed by atoms with E-state index in [1.165, 1.54) is 11.1 Å². The fourth-order valence-electron chi connectivity index (χ4n) is 2.01. The Balaban J connectivity index is 2.20. The molecule has 2 rings (SSSR count). The van der Waals surface area contributed by atoms with Gasteiger partial charge in [0.2, 0.25) is 0 Å². The maximum absolute atomic E-state index is 5.92. The molecule has 0 bridgehead atoms. The van der Waals surface area contributed by atoms with E-state index in [0.717, 1.165) is 11.4 Å². The van der Waals surface area contributed by atoms with Crippen LogP contribution < -0.4 is 11.1 Å². The largest absolute Gasteiger partial charge is 0.397 e. The Hall–Kier alpha value is -1.96. The standard InChI is InChI=1S/C15H18N2/c1-11-7-3-4-8-13(11)12(2)17-15-10-6-5-9-14(15)16/h3-10,12,17H,16H2,1-2H3. The highest BCUT2D eigenvalue weighted by Gasteiger charge is 2.08. The highest BCUT2D eigenvalue weighted by molar-refractivity contribution is 5.66. The molecular formula is C15H18N2. The normalized spacial score (nSPS) is 12.1. The summed E-state index contributed by atoms with van der Waals surface area (Å²) in [4.78, 5) is 0. The zero-order valence-electron chi connectivity index (χ0n) is 10.3. The van der Waals surface area contributed by atoms with Crippen LogP contribution in [0, 0.1) is 6.92 Å². The first-order valence-corrected chi connectivity index (χ1v) is 5.85. The summed E-state index contributed by atoms with van der Waals surface area (Å²) in [5.41, 5.74) is 10.3. The van der Waals surface area contributed by atoms with E-state index in [9.17, 15) is 0 Å². The average molecular weight is 226 g/mol. The summed E-state index contributed by atoms with van der Waals surface area (Å²) in [6.45, 7) is 4.27. The van der Waals surface area contributed by atoms with Gasteiger partial charge in [0.25, 0.3) is 0 Å². The third kappa shape index (κ3) is 2.59. The van der Waals surface area contributed by atoms with Crippen molar-refractivity contribution in [2.24, 2.45) is 0 Å². The number of para-hydroxylation sites is 2. The van der Waals surface area contributed by atoms with Crippen LogP contribution in [-0.4, -0.2) is 0 Å². The molecule has 0 fully saturated rings. The molecule has 1 unspecified atom stereocenters. The van der Waals surface area contributed by atoms with Crippen molar-refractivity contribution in [3.05, 3.63) is 59.7 Å². The summed E-state index contributed by atoms with van der Waals surface area (Å²) in [5.74, 6) is 0. The van der Waals surface area contributed by atoms with E-state index in [1.54, 1.807) is 0 Å². The molecule has 2 aromatic carbocycles. The predicted octanol–water partition coefficient (Wildman–Crippen LogP) is 3.75. The van der Waals surface area contributed by atoms with E-state index in [-0.39, 0.29) is 6.04 Å². The summed E-state index contributed by atoms with van der Waals surface area (Å²) in [7, 11) is 0. The number of nitrogen functional groups attached to an aromatic ring is 1. The molecule has 0 saturated carbocycles. The van der Waals surface area contributed by atoms with Crippen LogP contribution in [0.15, 0.2) is 48.5 Å². The van der Waals surface area contributed by atoms with Gasteiger partial charge in [-0.05, 0) is 37.1 Å². The second-order valence-corrected chi connectivity index (χ2v) is 4.31. The van der Waals surface area contributed by atoms with Crippen molar-refractivity contribution in [3.8, 4) is 0 Å². The lowest BCUT2D eigenvalue weighted by Crippen LogP contribution is -2.09. The molecule has 0 heterocycles. The van der Waals surface area contributed by atoms with Gasteiger partial charge in [0.15, 0.2) is 0 Å². The van der Waals surface area contributed by atoms with Gasteiger partial charge in [-0.15, -0.1) is 0 Å². The van der Waals surface area contributed by atoms with Gasteiger partial charge < -0.3 is 11.1 Å². The number of nitrogens with one attached hydrogen (secondary N) is 1. The quantitative estimate of drug-likeness (QED) is 0.782. The van der Waals surface area contributed by atoms with Crippen molar-refractivity contribution in [1.82, 2.24) is 0 Å². The van der Waals surface area contributed by atoms with Gasteiger partial charge in [-0.2, -0.15) is 0 Å². The average Bonchev–Trinajstić information content (AvgIpc) is 2.32. The Morgan fingerprint density at radius 1 is 1.00 bits per heavy atom. The molecule has 88 valence electrons. The van der Waals surface area contributed by atoms with Gasteiger partial charge in [0, 0.05) is 6.04 Å². The fraction of sp³-hybridized carbons (Fsp3) is 0.200. The Kier molecular flexibility index (Phi) is 3.33. The van der Waals surface area contributed by atoms with Gasteiger partial charge >= 0.3 is 0 Å². The third-order valence-corrected chi connectivity index (χ3v) is 2.99. The number of hydrogen-bond acceptors (Lipinski definition) is 2. The summed E-state index contributed by atoms with van der Waals surface area (Å²) in [6, 6.07) is 16.5. The molecule has 0 saturated heterocycles. The number of hydrogen-bond donors (Lipinski definition) is 2. The molecule has 2 nitrogen and oxygen atoms in total. The minimum absolute atomic E-state index is 0.251. The van der Waals surface area contributed by atoms with Gasteiger partial charge in [-0.1, -0.05) is 36.4 Å². The molecule has 0 aromatic heterocycles. The van der Waals surface area contributed by atoms with Crippen molar-refractivity contribution in [2.75, 3.05) is 11.1 Å². The van der Waals surface area contributed by atoms with Crippen LogP contribution in [-0.2, 0) is 0 Å². The van der Waals surface area contributed by atoms with Crippen molar-refractivity contribution in [1.29, 1.82) is 0 Å². The molecule has 0 aliphatic heterocycles. The van der Waals surface area contributed by atoms with E-state index in [4.69, 9.17) is 5.73 Å². The number of rotatable bonds is 3. The molecule has 0 amide bonds. The number of aryl methyl sites for hydroxylation is 1. The lowest BCUT2D eigenvalue weighted by atomic mass is 10.0. The lowest BCUT2D eigenvalue weighted by Gasteiger charge is -2.18. The minimum Gasteiger partial charge on any atom is -0.397 e. The first-order valence-electron chi connectivity index (χ1n) is 5.85. The van der Waals surface area contributed by atoms with Crippen LogP contribution in [0.2, 0.25) is 0 Å². The maximum Gasteiger partial charge on any atom is 0.0578 e. The van der Waals surface area contributed by atoms with Gasteiger partial charge in [0.1, 0.15) is 0 Å². The smallest absolute Gasteiger partial charge is 0.0578 e. The second kappa shape index (κ2) is 4.91. The SMILES string of the molecule is Cc1ccccc1C(C)Nc1ccccc1N. The minimum atomic E-state index is 0.251.